The molecule has 3 atom stereocenters. The zero-order valence-electron chi connectivity index (χ0n) is 19.1. The second-order valence-corrected chi connectivity index (χ2v) is 11.0. The number of benzene rings is 3. The van der Waals surface area contributed by atoms with Crippen LogP contribution in [0.5, 0.6) is 0 Å². The van der Waals surface area contributed by atoms with Crippen LogP contribution in [0.3, 0.4) is 0 Å². The van der Waals surface area contributed by atoms with Gasteiger partial charge in [0, 0.05) is 10.6 Å². The summed E-state index contributed by atoms with van der Waals surface area (Å²) in [5.74, 6) is -3.71. The number of ether oxygens (including phenoxy) is 1. The third kappa shape index (κ3) is 2.88. The Morgan fingerprint density at radius 3 is 1.69 bits per heavy atom. The summed E-state index contributed by atoms with van der Waals surface area (Å²) in [5, 5.41) is 0.456. The predicted molar refractivity (Wildman–Crippen MR) is 136 cm³/mol. The van der Waals surface area contributed by atoms with E-state index >= 15 is 0 Å². The molecule has 0 unspecified atom stereocenters. The lowest BCUT2D eigenvalue weighted by Gasteiger charge is -2.54. The number of imide groups is 1. The summed E-state index contributed by atoms with van der Waals surface area (Å²) < 4.78 is 5.44. The first-order valence-corrected chi connectivity index (χ1v) is 12.7. The molecule has 3 aromatic carbocycles. The number of rotatable bonds is 4. The van der Waals surface area contributed by atoms with E-state index in [1.54, 1.807) is 24.3 Å². The largest absolute Gasteiger partial charge is 0.459 e. The molecule has 2 amide bonds. The molecule has 2 bridgehead atoms. The number of carbonyl (C=O) groups excluding carboxylic acids is 3. The molecule has 0 radical (unpaired) electrons. The summed E-state index contributed by atoms with van der Waals surface area (Å²) in [6.45, 7) is 1.40. The SMILES string of the molecule is C[C@H](C(=O)OCc1ccccc1Cl)N1C(=O)[C@@H]2[C@@H](C1=O)C1(Cl)c3ccccc3C2(Cl)c2ccccc21. The number of hydrogen-bond donors (Lipinski definition) is 0. The highest BCUT2D eigenvalue weighted by Gasteiger charge is 2.73. The first-order valence-electron chi connectivity index (χ1n) is 11.6. The summed E-state index contributed by atoms with van der Waals surface area (Å²) in [5.41, 5.74) is 3.45. The van der Waals surface area contributed by atoms with Crippen molar-refractivity contribution in [3.8, 4) is 0 Å². The van der Waals surface area contributed by atoms with Gasteiger partial charge in [-0.1, -0.05) is 78.3 Å². The van der Waals surface area contributed by atoms with Gasteiger partial charge in [0.15, 0.2) is 0 Å². The maximum atomic E-state index is 13.9. The van der Waals surface area contributed by atoms with Gasteiger partial charge >= 0.3 is 5.97 Å². The van der Waals surface area contributed by atoms with Gasteiger partial charge in [-0.15, -0.1) is 23.2 Å². The summed E-state index contributed by atoms with van der Waals surface area (Å²) in [7, 11) is 0. The molecule has 8 heteroatoms. The van der Waals surface area contributed by atoms with Gasteiger partial charge in [-0.2, -0.15) is 0 Å². The number of amides is 2. The molecule has 182 valence electrons. The Kier molecular flexibility index (Phi) is 5.28. The molecule has 3 aromatic rings. The molecule has 5 nitrogen and oxygen atoms in total. The molecule has 1 saturated heterocycles. The highest BCUT2D eigenvalue weighted by molar-refractivity contribution is 6.36. The number of carbonyl (C=O) groups is 3. The van der Waals surface area contributed by atoms with Crippen molar-refractivity contribution in [3.05, 3.63) is 106 Å². The van der Waals surface area contributed by atoms with Crippen LogP contribution in [0.25, 0.3) is 0 Å². The smallest absolute Gasteiger partial charge is 0.329 e. The fourth-order valence-corrected chi connectivity index (χ4v) is 7.35. The fraction of sp³-hybridized carbons (Fsp3) is 0.250. The summed E-state index contributed by atoms with van der Waals surface area (Å²) >= 11 is 21.0. The van der Waals surface area contributed by atoms with Gasteiger partial charge in [0.1, 0.15) is 22.4 Å². The van der Waals surface area contributed by atoms with Crippen molar-refractivity contribution in [2.24, 2.45) is 11.8 Å². The summed E-state index contributed by atoms with van der Waals surface area (Å²) in [6, 6.07) is 20.6. The van der Waals surface area contributed by atoms with E-state index in [0.717, 1.165) is 4.90 Å². The topological polar surface area (TPSA) is 63.7 Å². The predicted octanol–water partition coefficient (Wildman–Crippen LogP) is 5.36. The Bertz CT molecular complexity index is 1330. The Morgan fingerprint density at radius 1 is 0.833 bits per heavy atom. The monoisotopic (exact) mass is 539 g/mol. The van der Waals surface area contributed by atoms with E-state index in [1.807, 2.05) is 48.5 Å². The van der Waals surface area contributed by atoms with Crippen molar-refractivity contribution in [2.45, 2.75) is 29.3 Å². The molecule has 1 heterocycles. The number of halogens is 3. The Hall–Kier alpha value is -2.86. The molecule has 0 spiro atoms. The lowest BCUT2D eigenvalue weighted by molar-refractivity contribution is -0.159. The van der Waals surface area contributed by atoms with Crippen molar-refractivity contribution in [3.63, 3.8) is 0 Å². The molecule has 0 aromatic heterocycles. The Balaban J connectivity index is 1.40. The second kappa shape index (κ2) is 8.07. The second-order valence-electron chi connectivity index (χ2n) is 9.39. The number of esters is 1. The maximum Gasteiger partial charge on any atom is 0.329 e. The number of nitrogens with zero attached hydrogens (tertiary/aromatic N) is 1. The van der Waals surface area contributed by atoms with E-state index in [-0.39, 0.29) is 6.61 Å². The zero-order valence-corrected chi connectivity index (χ0v) is 21.3. The van der Waals surface area contributed by atoms with Crippen molar-refractivity contribution >= 4 is 52.6 Å². The molecule has 1 fully saturated rings. The van der Waals surface area contributed by atoms with E-state index in [1.165, 1.54) is 6.92 Å². The Morgan fingerprint density at radius 2 is 1.25 bits per heavy atom. The highest BCUT2D eigenvalue weighted by atomic mass is 35.5. The molecular weight excluding hydrogens is 521 g/mol. The maximum absolute atomic E-state index is 13.9. The number of likely N-dealkylation sites (tertiary alicyclic amines) is 1. The molecule has 0 N–H and O–H groups in total. The standard InChI is InChI=1S/C28H20Cl3NO4/c1-15(26(35)36-14-16-8-2-7-13-21(16)29)32-24(33)22-23(25(32)34)28(31)18-10-4-3-9-17(18)27(22,30)19-11-5-6-12-20(19)28/h2-13,15,22-23H,14H2,1H3/t15-,22+,23+,27?,28?/m1/s1. The van der Waals surface area contributed by atoms with Gasteiger partial charge < -0.3 is 4.74 Å². The lowest BCUT2D eigenvalue weighted by Crippen LogP contribution is -2.57. The highest BCUT2D eigenvalue weighted by Crippen LogP contribution is 2.69. The van der Waals surface area contributed by atoms with Gasteiger partial charge in [-0.3, -0.25) is 14.5 Å². The molecule has 7 rings (SSSR count). The molecule has 36 heavy (non-hydrogen) atoms. The first kappa shape index (κ1) is 23.5. The first-order chi connectivity index (χ1) is 17.2. The van der Waals surface area contributed by atoms with Gasteiger partial charge in [0.2, 0.25) is 11.8 Å². The van der Waals surface area contributed by atoms with Crippen LogP contribution in [0.1, 0.15) is 34.7 Å². The number of hydrogen-bond acceptors (Lipinski definition) is 4. The van der Waals surface area contributed by atoms with E-state index in [4.69, 9.17) is 39.5 Å². The minimum Gasteiger partial charge on any atom is -0.459 e. The van der Waals surface area contributed by atoms with Crippen LogP contribution in [0.15, 0.2) is 72.8 Å². The van der Waals surface area contributed by atoms with Gasteiger partial charge in [-0.05, 0) is 35.2 Å². The van der Waals surface area contributed by atoms with Crippen molar-refractivity contribution in [1.82, 2.24) is 4.90 Å². The van der Waals surface area contributed by atoms with Crippen LogP contribution >= 0.6 is 34.8 Å². The normalized spacial score (nSPS) is 28.4. The minimum atomic E-state index is -1.29. The quantitative estimate of drug-likeness (QED) is 0.254. The van der Waals surface area contributed by atoms with E-state index in [2.05, 4.69) is 0 Å². The van der Waals surface area contributed by atoms with Crippen molar-refractivity contribution < 1.29 is 19.1 Å². The van der Waals surface area contributed by atoms with Gasteiger partial charge in [0.25, 0.3) is 0 Å². The average molecular weight is 541 g/mol. The van der Waals surface area contributed by atoms with Gasteiger partial charge in [-0.25, -0.2) is 4.79 Å². The van der Waals surface area contributed by atoms with Crippen molar-refractivity contribution in [1.29, 1.82) is 0 Å². The molecular formula is C28H20Cl3NO4. The molecule has 0 saturated carbocycles. The summed E-state index contributed by atoms with van der Waals surface area (Å²) in [6.07, 6.45) is 0. The van der Waals surface area contributed by atoms with E-state index in [9.17, 15) is 14.4 Å². The van der Waals surface area contributed by atoms with Crippen LogP contribution < -0.4 is 0 Å². The van der Waals surface area contributed by atoms with Crippen LogP contribution in [0.4, 0.5) is 0 Å². The van der Waals surface area contributed by atoms with Crippen LogP contribution in [0.2, 0.25) is 5.02 Å². The van der Waals surface area contributed by atoms with Crippen LogP contribution in [-0.2, 0) is 35.5 Å². The van der Waals surface area contributed by atoms with E-state index in [0.29, 0.717) is 32.8 Å². The van der Waals surface area contributed by atoms with Crippen LogP contribution in [0, 0.1) is 11.8 Å². The summed E-state index contributed by atoms with van der Waals surface area (Å²) in [4.78, 5) is 39.2. The third-order valence-corrected chi connectivity index (χ3v) is 9.33. The fourth-order valence-electron chi connectivity index (χ4n) is 6.06. The van der Waals surface area contributed by atoms with E-state index < -0.39 is 45.4 Å². The third-order valence-electron chi connectivity index (χ3n) is 7.68. The molecule has 3 aliphatic carbocycles. The molecule has 4 aliphatic rings. The van der Waals surface area contributed by atoms with Crippen LogP contribution in [-0.4, -0.2) is 28.7 Å². The molecule has 1 aliphatic heterocycles. The average Bonchev–Trinajstić information content (AvgIpc) is 3.17. The number of alkyl halides is 2. The Labute approximate surface area is 222 Å². The zero-order chi connectivity index (χ0) is 25.4. The minimum absolute atomic E-state index is 0.0817. The van der Waals surface area contributed by atoms with Gasteiger partial charge in [0.05, 0.1) is 11.8 Å². The lowest BCUT2D eigenvalue weighted by atomic mass is 9.54. The van der Waals surface area contributed by atoms with Crippen molar-refractivity contribution in [2.75, 3.05) is 0 Å².